The molecule has 0 unspecified atom stereocenters. The number of aliphatic hydroxyl groups is 1. The number of piperidine rings is 1. The Morgan fingerprint density at radius 3 is 2.85 bits per heavy atom. The Bertz CT molecular complexity index is 684. The number of amides is 1. The molecule has 0 aromatic carbocycles. The number of likely N-dealkylation sites (N-methyl/N-ethyl adjacent to an activating group) is 1. The van der Waals surface area contributed by atoms with Crippen molar-refractivity contribution in [3.05, 3.63) is 21.4 Å². The van der Waals surface area contributed by atoms with Gasteiger partial charge in [-0.2, -0.15) is 0 Å². The van der Waals surface area contributed by atoms with Crippen molar-refractivity contribution in [2.24, 2.45) is 0 Å². The van der Waals surface area contributed by atoms with Crippen LogP contribution in [0.4, 0.5) is 0 Å². The number of likely N-dealkylation sites (tertiary alicyclic amines) is 2. The van der Waals surface area contributed by atoms with Crippen LogP contribution < -0.4 is 5.32 Å². The Hall–Kier alpha value is -0.990. The van der Waals surface area contributed by atoms with Gasteiger partial charge in [0.15, 0.2) is 0 Å². The third kappa shape index (κ3) is 3.80. The van der Waals surface area contributed by atoms with E-state index in [1.165, 1.54) is 16.9 Å². The van der Waals surface area contributed by atoms with Crippen molar-refractivity contribution in [3.8, 4) is 0 Å². The lowest BCUT2D eigenvalue weighted by Gasteiger charge is -2.43. The predicted octanol–water partition coefficient (Wildman–Crippen LogP) is 1.43. The number of β-amino-alcohol motifs (C(OH)–C–C–N with tert-alkyl or cyclic N) is 1. The number of thiophene rings is 1. The fourth-order valence-electron chi connectivity index (χ4n) is 4.72. The van der Waals surface area contributed by atoms with Gasteiger partial charge in [-0.15, -0.1) is 11.3 Å². The number of hydrogen-bond donors (Lipinski definition) is 2. The standard InChI is InChI=1S/C20H31N3O3S/c1-3-7-23-8-5-20(6-9-23)18-14(4-10-26-20)11-17(27-18)19(25)21-15-12-22(2)13-16(15)24/h11,15-16,24H,3-10,12-13H2,1-2H3,(H,21,25)/t15-,16-/m1/s1. The van der Waals surface area contributed by atoms with Crippen LogP contribution in [-0.2, 0) is 16.8 Å². The summed E-state index contributed by atoms with van der Waals surface area (Å²) >= 11 is 1.60. The molecule has 2 fully saturated rings. The Labute approximate surface area is 165 Å². The molecule has 6 nitrogen and oxygen atoms in total. The molecule has 7 heteroatoms. The molecule has 4 rings (SSSR count). The number of nitrogens with zero attached hydrogens (tertiary/aromatic N) is 2. The minimum absolute atomic E-state index is 0.0627. The van der Waals surface area contributed by atoms with Gasteiger partial charge in [-0.05, 0) is 50.9 Å². The highest BCUT2D eigenvalue weighted by molar-refractivity contribution is 7.14. The van der Waals surface area contributed by atoms with E-state index in [2.05, 4.69) is 23.2 Å². The van der Waals surface area contributed by atoms with Crippen LogP contribution >= 0.6 is 11.3 Å². The second-order valence-corrected chi connectivity index (χ2v) is 9.32. The maximum atomic E-state index is 12.8. The van der Waals surface area contributed by atoms with Crippen molar-refractivity contribution >= 4 is 17.2 Å². The summed E-state index contributed by atoms with van der Waals surface area (Å²) in [6.45, 7) is 7.54. The fourth-order valence-corrected chi connectivity index (χ4v) is 6.03. The molecule has 2 N–H and O–H groups in total. The van der Waals surface area contributed by atoms with Gasteiger partial charge in [0.2, 0.25) is 0 Å². The molecule has 1 aromatic heterocycles. The molecule has 0 radical (unpaired) electrons. The molecular formula is C20H31N3O3S. The van der Waals surface area contributed by atoms with E-state index in [9.17, 15) is 9.90 Å². The van der Waals surface area contributed by atoms with Crippen LogP contribution in [0.1, 0.15) is 46.3 Å². The van der Waals surface area contributed by atoms with E-state index in [0.29, 0.717) is 13.1 Å². The molecule has 3 aliphatic heterocycles. The van der Waals surface area contributed by atoms with Gasteiger partial charge in [0.1, 0.15) is 5.60 Å². The van der Waals surface area contributed by atoms with Gasteiger partial charge in [-0.3, -0.25) is 4.79 Å². The van der Waals surface area contributed by atoms with Crippen LogP contribution in [0.15, 0.2) is 6.07 Å². The maximum Gasteiger partial charge on any atom is 0.261 e. The highest BCUT2D eigenvalue weighted by Gasteiger charge is 2.42. The highest BCUT2D eigenvalue weighted by atomic mass is 32.1. The number of aliphatic hydroxyl groups excluding tert-OH is 1. The van der Waals surface area contributed by atoms with E-state index in [1.807, 2.05) is 11.9 Å². The average Bonchev–Trinajstić information content (AvgIpc) is 3.22. The van der Waals surface area contributed by atoms with E-state index in [0.717, 1.165) is 50.4 Å². The van der Waals surface area contributed by atoms with Crippen LogP contribution in [0.2, 0.25) is 0 Å². The minimum Gasteiger partial charge on any atom is -0.390 e. The molecule has 0 bridgehead atoms. The van der Waals surface area contributed by atoms with Gasteiger partial charge in [0.05, 0.1) is 23.6 Å². The largest absolute Gasteiger partial charge is 0.390 e. The second-order valence-electron chi connectivity index (χ2n) is 8.27. The van der Waals surface area contributed by atoms with Crippen LogP contribution in [0.25, 0.3) is 0 Å². The number of carbonyl (C=O) groups is 1. The molecule has 2 atom stereocenters. The predicted molar refractivity (Wildman–Crippen MR) is 106 cm³/mol. The smallest absolute Gasteiger partial charge is 0.261 e. The minimum atomic E-state index is -0.494. The summed E-state index contributed by atoms with van der Waals surface area (Å²) in [7, 11) is 1.96. The summed E-state index contributed by atoms with van der Waals surface area (Å²) < 4.78 is 6.32. The van der Waals surface area contributed by atoms with Gasteiger partial charge in [0.25, 0.3) is 5.91 Å². The summed E-state index contributed by atoms with van der Waals surface area (Å²) in [4.78, 5) is 19.4. The van der Waals surface area contributed by atoms with E-state index in [4.69, 9.17) is 4.74 Å². The summed E-state index contributed by atoms with van der Waals surface area (Å²) in [5.74, 6) is -0.0627. The molecule has 3 aliphatic rings. The second kappa shape index (κ2) is 7.79. The molecule has 27 heavy (non-hydrogen) atoms. The first-order chi connectivity index (χ1) is 13.0. The molecule has 0 aliphatic carbocycles. The zero-order valence-electron chi connectivity index (χ0n) is 16.4. The van der Waals surface area contributed by atoms with Crippen molar-refractivity contribution in [1.29, 1.82) is 0 Å². The zero-order valence-corrected chi connectivity index (χ0v) is 17.2. The first-order valence-electron chi connectivity index (χ1n) is 10.2. The van der Waals surface area contributed by atoms with Gasteiger partial charge < -0.3 is 25.0 Å². The van der Waals surface area contributed by atoms with Crippen molar-refractivity contribution in [3.63, 3.8) is 0 Å². The number of rotatable bonds is 4. The third-order valence-electron chi connectivity index (χ3n) is 6.19. The van der Waals surface area contributed by atoms with Gasteiger partial charge in [-0.25, -0.2) is 0 Å². The third-order valence-corrected chi connectivity index (χ3v) is 7.55. The Morgan fingerprint density at radius 1 is 1.41 bits per heavy atom. The average molecular weight is 394 g/mol. The van der Waals surface area contributed by atoms with Crippen LogP contribution in [0.3, 0.4) is 0 Å². The van der Waals surface area contributed by atoms with Crippen molar-refractivity contribution in [1.82, 2.24) is 15.1 Å². The molecule has 1 amide bonds. The van der Waals surface area contributed by atoms with Gasteiger partial charge in [0, 0.05) is 31.1 Å². The van der Waals surface area contributed by atoms with E-state index in [1.54, 1.807) is 11.3 Å². The number of fused-ring (bicyclic) bond motifs is 2. The van der Waals surface area contributed by atoms with Gasteiger partial charge in [-0.1, -0.05) is 6.92 Å². The Balaban J connectivity index is 1.49. The first kappa shape index (κ1) is 19.3. The lowest BCUT2D eigenvalue weighted by molar-refractivity contribution is -0.0949. The van der Waals surface area contributed by atoms with Crippen LogP contribution in [-0.4, -0.2) is 79.3 Å². The maximum absolute atomic E-state index is 12.8. The summed E-state index contributed by atoms with van der Waals surface area (Å²) in [6.07, 6.45) is 3.59. The lowest BCUT2D eigenvalue weighted by Crippen LogP contribution is -2.46. The summed E-state index contributed by atoms with van der Waals surface area (Å²) in [5, 5.41) is 13.1. The topological polar surface area (TPSA) is 65.0 Å². The van der Waals surface area contributed by atoms with E-state index >= 15 is 0 Å². The normalized spacial score (nSPS) is 28.4. The fraction of sp³-hybridized carbons (Fsp3) is 0.750. The van der Waals surface area contributed by atoms with E-state index < -0.39 is 6.10 Å². The van der Waals surface area contributed by atoms with E-state index in [-0.39, 0.29) is 17.6 Å². The molecule has 1 aromatic rings. The molecule has 1 spiro atoms. The van der Waals surface area contributed by atoms with Gasteiger partial charge >= 0.3 is 0 Å². The molecule has 2 saturated heterocycles. The highest BCUT2D eigenvalue weighted by Crippen LogP contribution is 2.45. The molecule has 150 valence electrons. The summed E-state index contributed by atoms with van der Waals surface area (Å²) in [6, 6.07) is 1.87. The lowest BCUT2D eigenvalue weighted by atomic mass is 9.85. The molecular weight excluding hydrogens is 362 g/mol. The van der Waals surface area contributed by atoms with Crippen molar-refractivity contribution < 1.29 is 14.6 Å². The van der Waals surface area contributed by atoms with Crippen molar-refractivity contribution in [2.45, 2.75) is 50.4 Å². The first-order valence-corrected chi connectivity index (χ1v) is 11.0. The van der Waals surface area contributed by atoms with Crippen LogP contribution in [0.5, 0.6) is 0 Å². The van der Waals surface area contributed by atoms with Crippen molar-refractivity contribution in [2.75, 3.05) is 46.4 Å². The van der Waals surface area contributed by atoms with Crippen LogP contribution in [0, 0.1) is 0 Å². The number of nitrogens with one attached hydrogen (secondary N) is 1. The number of carbonyl (C=O) groups excluding carboxylic acids is 1. The number of hydrogen-bond acceptors (Lipinski definition) is 6. The Kier molecular flexibility index (Phi) is 5.58. The zero-order chi connectivity index (χ0) is 19.0. The molecule has 4 heterocycles. The quantitative estimate of drug-likeness (QED) is 0.810. The Morgan fingerprint density at radius 2 is 2.19 bits per heavy atom. The number of ether oxygens (including phenoxy) is 1. The SMILES string of the molecule is CCCN1CCC2(CC1)OCCc1cc(C(=O)N[C@@H]3CN(C)C[C@H]3O)sc12. The monoisotopic (exact) mass is 393 g/mol. The molecule has 0 saturated carbocycles. The summed E-state index contributed by atoms with van der Waals surface area (Å²) in [5.41, 5.74) is 1.08.